The van der Waals surface area contributed by atoms with Crippen LogP contribution in [0, 0.1) is 5.92 Å². The Bertz CT molecular complexity index is 231. The van der Waals surface area contributed by atoms with Crippen LogP contribution >= 0.6 is 0 Å². The van der Waals surface area contributed by atoms with Crippen LogP contribution in [-0.2, 0) is 9.53 Å². The molecule has 0 aromatic heterocycles. The molecule has 0 radical (unpaired) electrons. The minimum atomic E-state index is 0.136. The molecule has 4 nitrogen and oxygen atoms in total. The Morgan fingerprint density at radius 2 is 2.24 bits per heavy atom. The van der Waals surface area contributed by atoms with Crippen molar-refractivity contribution in [2.75, 3.05) is 13.2 Å². The highest BCUT2D eigenvalue weighted by atomic mass is 16.5. The molecule has 3 N–H and O–H groups in total. The van der Waals surface area contributed by atoms with Gasteiger partial charge in [0.05, 0.1) is 12.7 Å². The summed E-state index contributed by atoms with van der Waals surface area (Å²) in [7, 11) is 0. The number of amides is 1. The third-order valence-electron chi connectivity index (χ3n) is 3.17. The van der Waals surface area contributed by atoms with E-state index in [4.69, 9.17) is 10.5 Å². The molecule has 1 fully saturated rings. The second-order valence-electron chi connectivity index (χ2n) is 5.27. The summed E-state index contributed by atoms with van der Waals surface area (Å²) in [5.74, 6) is 0.612. The van der Waals surface area contributed by atoms with E-state index in [1.165, 1.54) is 0 Å². The lowest BCUT2D eigenvalue weighted by Crippen LogP contribution is -2.33. The molecule has 2 unspecified atom stereocenters. The summed E-state index contributed by atoms with van der Waals surface area (Å²) in [5.41, 5.74) is 5.90. The molecule has 100 valence electrons. The first-order valence-electron chi connectivity index (χ1n) is 6.71. The van der Waals surface area contributed by atoms with Gasteiger partial charge in [0.15, 0.2) is 0 Å². The van der Waals surface area contributed by atoms with E-state index in [0.29, 0.717) is 31.5 Å². The van der Waals surface area contributed by atoms with E-state index < -0.39 is 0 Å². The van der Waals surface area contributed by atoms with Crippen molar-refractivity contribution in [3.8, 4) is 0 Å². The maximum atomic E-state index is 11.7. The summed E-state index contributed by atoms with van der Waals surface area (Å²) in [6.07, 6.45) is 5.26. The third-order valence-corrected chi connectivity index (χ3v) is 3.17. The van der Waals surface area contributed by atoms with Gasteiger partial charge in [0, 0.05) is 19.0 Å². The van der Waals surface area contributed by atoms with Crippen molar-refractivity contribution in [3.63, 3.8) is 0 Å². The number of hydrogen-bond donors (Lipinski definition) is 2. The molecule has 1 aliphatic rings. The first kappa shape index (κ1) is 14.5. The van der Waals surface area contributed by atoms with E-state index in [1.54, 1.807) is 0 Å². The topological polar surface area (TPSA) is 64.3 Å². The van der Waals surface area contributed by atoms with Gasteiger partial charge < -0.3 is 15.8 Å². The van der Waals surface area contributed by atoms with Gasteiger partial charge in [-0.1, -0.05) is 6.42 Å². The Morgan fingerprint density at radius 3 is 2.88 bits per heavy atom. The molecule has 0 aliphatic heterocycles. The molecule has 4 heteroatoms. The van der Waals surface area contributed by atoms with Crippen LogP contribution in [0.5, 0.6) is 0 Å². The first-order chi connectivity index (χ1) is 8.08. The summed E-state index contributed by atoms with van der Waals surface area (Å²) >= 11 is 0. The SMILES string of the molecule is CC(C)OCCNC(=O)CC1CCCC(N)C1. The summed E-state index contributed by atoms with van der Waals surface area (Å²) in [6, 6.07) is 0.297. The predicted molar refractivity (Wildman–Crippen MR) is 68.6 cm³/mol. The fraction of sp³-hybridized carbons (Fsp3) is 0.923. The molecular formula is C13H26N2O2. The van der Waals surface area contributed by atoms with Gasteiger partial charge in [0.2, 0.25) is 5.91 Å². The fourth-order valence-electron chi connectivity index (χ4n) is 2.34. The average Bonchev–Trinajstić information content (AvgIpc) is 2.24. The van der Waals surface area contributed by atoms with Crippen LogP contribution in [0.15, 0.2) is 0 Å². The minimum Gasteiger partial charge on any atom is -0.377 e. The van der Waals surface area contributed by atoms with Gasteiger partial charge in [-0.15, -0.1) is 0 Å². The van der Waals surface area contributed by atoms with Gasteiger partial charge in [0.1, 0.15) is 0 Å². The van der Waals surface area contributed by atoms with Gasteiger partial charge in [0.25, 0.3) is 0 Å². The molecule has 0 aromatic rings. The summed E-state index contributed by atoms with van der Waals surface area (Å²) in [5, 5.41) is 2.90. The lowest BCUT2D eigenvalue weighted by atomic mass is 9.84. The van der Waals surface area contributed by atoms with Crippen molar-refractivity contribution in [1.29, 1.82) is 0 Å². The van der Waals surface area contributed by atoms with Crippen molar-refractivity contribution in [2.45, 2.75) is 58.1 Å². The molecule has 1 amide bonds. The highest BCUT2D eigenvalue weighted by molar-refractivity contribution is 5.76. The zero-order chi connectivity index (χ0) is 12.7. The van der Waals surface area contributed by atoms with Gasteiger partial charge >= 0.3 is 0 Å². The quantitative estimate of drug-likeness (QED) is 0.693. The highest BCUT2D eigenvalue weighted by Crippen LogP contribution is 2.25. The third kappa shape index (κ3) is 6.64. The molecule has 0 bridgehead atoms. The van der Waals surface area contributed by atoms with E-state index in [1.807, 2.05) is 13.8 Å². The maximum Gasteiger partial charge on any atom is 0.220 e. The van der Waals surface area contributed by atoms with E-state index in [9.17, 15) is 4.79 Å². The molecule has 1 rings (SSSR count). The smallest absolute Gasteiger partial charge is 0.220 e. The van der Waals surface area contributed by atoms with E-state index in [-0.39, 0.29) is 12.0 Å². The Morgan fingerprint density at radius 1 is 1.47 bits per heavy atom. The number of nitrogens with one attached hydrogen (secondary N) is 1. The molecule has 0 saturated heterocycles. The molecule has 1 saturated carbocycles. The van der Waals surface area contributed by atoms with Crippen LogP contribution in [0.4, 0.5) is 0 Å². The monoisotopic (exact) mass is 242 g/mol. The van der Waals surface area contributed by atoms with Crippen molar-refractivity contribution in [3.05, 3.63) is 0 Å². The van der Waals surface area contributed by atoms with Gasteiger partial charge in [-0.2, -0.15) is 0 Å². The highest BCUT2D eigenvalue weighted by Gasteiger charge is 2.21. The Balaban J connectivity index is 2.07. The molecule has 2 atom stereocenters. The lowest BCUT2D eigenvalue weighted by molar-refractivity contribution is -0.122. The first-order valence-corrected chi connectivity index (χ1v) is 6.71. The number of nitrogens with two attached hydrogens (primary N) is 1. The molecular weight excluding hydrogens is 216 g/mol. The number of ether oxygens (including phenoxy) is 1. The van der Waals surface area contributed by atoms with E-state index in [0.717, 1.165) is 25.7 Å². The van der Waals surface area contributed by atoms with E-state index >= 15 is 0 Å². The van der Waals surface area contributed by atoms with Crippen LogP contribution < -0.4 is 11.1 Å². The lowest BCUT2D eigenvalue weighted by Gasteiger charge is -2.26. The number of rotatable bonds is 6. The second-order valence-corrected chi connectivity index (χ2v) is 5.27. The van der Waals surface area contributed by atoms with E-state index in [2.05, 4.69) is 5.32 Å². The maximum absolute atomic E-state index is 11.7. The van der Waals surface area contributed by atoms with Crippen LogP contribution in [0.1, 0.15) is 46.0 Å². The summed E-state index contributed by atoms with van der Waals surface area (Å²) < 4.78 is 5.36. The standard InChI is InChI=1S/C13H26N2O2/c1-10(2)17-7-6-15-13(16)9-11-4-3-5-12(14)8-11/h10-12H,3-9,14H2,1-2H3,(H,15,16). The predicted octanol–water partition coefficient (Wildman–Crippen LogP) is 1.44. The van der Waals surface area contributed by atoms with Crippen molar-refractivity contribution in [2.24, 2.45) is 11.7 Å². The Kier molecular flexibility index (Phi) is 6.52. The minimum absolute atomic E-state index is 0.136. The number of carbonyl (C=O) groups excluding carboxylic acids is 1. The van der Waals surface area contributed by atoms with Crippen molar-refractivity contribution in [1.82, 2.24) is 5.32 Å². The fourth-order valence-corrected chi connectivity index (χ4v) is 2.34. The Labute approximate surface area is 104 Å². The number of carbonyl (C=O) groups is 1. The second kappa shape index (κ2) is 7.67. The van der Waals surface area contributed by atoms with Gasteiger partial charge in [-0.25, -0.2) is 0 Å². The Hall–Kier alpha value is -0.610. The van der Waals surface area contributed by atoms with Crippen LogP contribution in [-0.4, -0.2) is 31.2 Å². The van der Waals surface area contributed by atoms with Crippen LogP contribution in [0.2, 0.25) is 0 Å². The largest absolute Gasteiger partial charge is 0.377 e. The van der Waals surface area contributed by atoms with Crippen LogP contribution in [0.3, 0.4) is 0 Å². The van der Waals surface area contributed by atoms with Gasteiger partial charge in [-0.05, 0) is 39.0 Å². The van der Waals surface area contributed by atoms with Gasteiger partial charge in [-0.3, -0.25) is 4.79 Å². The zero-order valence-electron chi connectivity index (χ0n) is 11.1. The van der Waals surface area contributed by atoms with Crippen molar-refractivity contribution >= 4 is 5.91 Å². The molecule has 17 heavy (non-hydrogen) atoms. The average molecular weight is 242 g/mol. The molecule has 1 aliphatic carbocycles. The van der Waals surface area contributed by atoms with Crippen molar-refractivity contribution < 1.29 is 9.53 Å². The van der Waals surface area contributed by atoms with Crippen LogP contribution in [0.25, 0.3) is 0 Å². The zero-order valence-corrected chi connectivity index (χ0v) is 11.1. The molecule has 0 spiro atoms. The normalized spacial score (nSPS) is 24.9. The number of hydrogen-bond acceptors (Lipinski definition) is 3. The summed E-state index contributed by atoms with van der Waals surface area (Å²) in [4.78, 5) is 11.7. The molecule has 0 heterocycles. The molecule has 0 aromatic carbocycles. The summed E-state index contributed by atoms with van der Waals surface area (Å²) in [6.45, 7) is 5.18.